The number of aromatic nitrogens is 2. The van der Waals surface area contributed by atoms with E-state index in [9.17, 15) is 13.2 Å². The number of ether oxygens (including phenoxy) is 6. The van der Waals surface area contributed by atoms with Crippen LogP contribution in [0.4, 0.5) is 18.9 Å². The number of imidazole rings is 1. The van der Waals surface area contributed by atoms with Crippen LogP contribution in [0, 0.1) is 0 Å². The highest BCUT2D eigenvalue weighted by Gasteiger charge is 2.47. The third-order valence-electron chi connectivity index (χ3n) is 6.23. The molecule has 1 fully saturated rings. The molecular formula is C27H30F3N3O6S. The van der Waals surface area contributed by atoms with Crippen LogP contribution in [0.5, 0.6) is 5.75 Å². The molecule has 0 aliphatic carbocycles. The molecule has 2 heterocycles. The van der Waals surface area contributed by atoms with Gasteiger partial charge in [-0.2, -0.15) is 0 Å². The molecule has 0 radical (unpaired) electrons. The molecule has 1 saturated heterocycles. The van der Waals surface area contributed by atoms with Crippen LogP contribution in [0.25, 0.3) is 16.9 Å². The fraction of sp³-hybridized carbons (Fsp3) is 0.407. The Morgan fingerprint density at radius 1 is 1.02 bits per heavy atom. The minimum absolute atomic E-state index is 0.0975. The van der Waals surface area contributed by atoms with Crippen LogP contribution in [-0.4, -0.2) is 72.6 Å². The summed E-state index contributed by atoms with van der Waals surface area (Å²) >= 11 is 5.41. The number of benzene rings is 2. The van der Waals surface area contributed by atoms with Crippen LogP contribution in [0.3, 0.4) is 0 Å². The van der Waals surface area contributed by atoms with E-state index in [1.165, 1.54) is 24.3 Å². The molecular weight excluding hydrogens is 551 g/mol. The summed E-state index contributed by atoms with van der Waals surface area (Å²) < 4.78 is 71.7. The molecule has 1 aliphatic heterocycles. The zero-order valence-electron chi connectivity index (χ0n) is 22.3. The molecule has 9 nitrogen and oxygen atoms in total. The molecule has 4 rings (SSSR count). The maximum atomic E-state index is 12.4. The Bertz CT molecular complexity index is 1260. The van der Waals surface area contributed by atoms with Gasteiger partial charge in [-0.25, -0.2) is 4.98 Å². The van der Waals surface area contributed by atoms with Crippen molar-refractivity contribution in [3.63, 3.8) is 0 Å². The predicted octanol–water partition coefficient (Wildman–Crippen LogP) is 5.33. The molecule has 0 bridgehead atoms. The van der Waals surface area contributed by atoms with Crippen LogP contribution < -0.4 is 10.1 Å². The van der Waals surface area contributed by atoms with Gasteiger partial charge in [0.05, 0.1) is 18.1 Å². The van der Waals surface area contributed by atoms with Crippen LogP contribution in [0.15, 0.2) is 61.1 Å². The maximum absolute atomic E-state index is 12.4. The second-order valence-electron chi connectivity index (χ2n) is 8.85. The first kappa shape index (κ1) is 29.7. The van der Waals surface area contributed by atoms with Gasteiger partial charge in [0.1, 0.15) is 24.1 Å². The van der Waals surface area contributed by atoms with Gasteiger partial charge < -0.3 is 38.3 Å². The van der Waals surface area contributed by atoms with Gasteiger partial charge in [-0.15, -0.1) is 13.2 Å². The number of hydrogen-bond acceptors (Lipinski definition) is 8. The summed E-state index contributed by atoms with van der Waals surface area (Å²) in [7, 11) is 3.14. The Kier molecular flexibility index (Phi) is 9.64. The molecule has 0 unspecified atom stereocenters. The van der Waals surface area contributed by atoms with Crippen molar-refractivity contribution >= 4 is 23.1 Å². The Balaban J connectivity index is 1.37. The van der Waals surface area contributed by atoms with Gasteiger partial charge in [0.25, 0.3) is 5.17 Å². The highest BCUT2D eigenvalue weighted by Crippen LogP contribution is 2.29. The molecule has 0 amide bonds. The number of methoxy groups -OCH3 is 2. The highest BCUT2D eigenvalue weighted by molar-refractivity contribution is 7.80. The molecule has 3 aromatic rings. The molecule has 13 heteroatoms. The number of nitrogens with zero attached hydrogens (tertiary/aromatic N) is 2. The number of nitrogens with one attached hydrogen (secondary N) is 1. The van der Waals surface area contributed by atoms with Crippen LogP contribution in [-0.2, 0) is 23.7 Å². The lowest BCUT2D eigenvalue weighted by Crippen LogP contribution is -2.60. The van der Waals surface area contributed by atoms with Gasteiger partial charge in [-0.05, 0) is 62.5 Å². The van der Waals surface area contributed by atoms with Crippen molar-refractivity contribution in [2.45, 2.75) is 50.9 Å². The molecule has 216 valence electrons. The zero-order valence-corrected chi connectivity index (χ0v) is 23.1. The zero-order chi connectivity index (χ0) is 28.9. The van der Waals surface area contributed by atoms with E-state index in [2.05, 4.69) is 15.0 Å². The summed E-state index contributed by atoms with van der Waals surface area (Å²) in [6.45, 7) is 4.24. The van der Waals surface area contributed by atoms with E-state index >= 15 is 0 Å². The van der Waals surface area contributed by atoms with E-state index < -0.39 is 24.9 Å². The molecule has 0 saturated carbocycles. The van der Waals surface area contributed by atoms with E-state index in [-0.39, 0.29) is 23.1 Å². The minimum atomic E-state index is -4.74. The smallest absolute Gasteiger partial charge is 0.438 e. The lowest BCUT2D eigenvalue weighted by Gasteiger charge is -2.43. The second-order valence-corrected chi connectivity index (χ2v) is 9.22. The van der Waals surface area contributed by atoms with E-state index in [1.807, 2.05) is 38.1 Å². The fourth-order valence-electron chi connectivity index (χ4n) is 4.43. The van der Waals surface area contributed by atoms with Crippen molar-refractivity contribution in [3.8, 4) is 22.7 Å². The molecule has 1 N–H and O–H groups in total. The number of anilines is 1. The average Bonchev–Trinajstić information content (AvgIpc) is 3.39. The normalized spacial score (nSPS) is 23.0. The van der Waals surface area contributed by atoms with Crippen molar-refractivity contribution < 1.29 is 41.6 Å². The molecule has 5 atom stereocenters. The number of hydrogen-bond donors (Lipinski definition) is 1. The Morgan fingerprint density at radius 3 is 2.30 bits per heavy atom. The quantitative estimate of drug-likeness (QED) is 0.337. The Hall–Kier alpha value is -3.23. The number of alkyl halides is 3. The predicted molar refractivity (Wildman–Crippen MR) is 144 cm³/mol. The van der Waals surface area contributed by atoms with E-state index in [0.29, 0.717) is 23.7 Å². The first-order valence-electron chi connectivity index (χ1n) is 12.4. The van der Waals surface area contributed by atoms with Crippen molar-refractivity contribution in [2.75, 3.05) is 26.1 Å². The molecule has 40 heavy (non-hydrogen) atoms. The third kappa shape index (κ3) is 7.29. The summed E-state index contributed by atoms with van der Waals surface area (Å²) in [5, 5.41) is 3.13. The Labute approximate surface area is 235 Å². The molecule has 2 aromatic carbocycles. The van der Waals surface area contributed by atoms with Crippen molar-refractivity contribution in [3.05, 3.63) is 61.1 Å². The maximum Gasteiger partial charge on any atom is 0.573 e. The van der Waals surface area contributed by atoms with Gasteiger partial charge in [0.15, 0.2) is 0 Å². The van der Waals surface area contributed by atoms with Gasteiger partial charge in [-0.1, -0.05) is 12.1 Å². The molecule has 0 spiro atoms. The summed E-state index contributed by atoms with van der Waals surface area (Å²) in [5.41, 5.74) is 2.80. The standard InChI is InChI=1S/C27H30F3N3O6S/c1-5-36-23-22(34-3)16(2)37-25(24(23)35-4)38-26(40)32-18-8-6-17(7-9-18)21-14-33(15-31-21)19-10-12-20(13-11-19)39-27(28,29)30/h6-16,22-25H,5H2,1-4H3,(H,32,40)/t16-,22-,23+,24+,25-/m0/s1. The number of halogens is 3. The monoisotopic (exact) mass is 581 g/mol. The van der Waals surface area contributed by atoms with Crippen molar-refractivity contribution in [2.24, 2.45) is 0 Å². The fourth-order valence-corrected chi connectivity index (χ4v) is 4.65. The van der Waals surface area contributed by atoms with Gasteiger partial charge >= 0.3 is 6.36 Å². The molecule has 1 aliphatic rings. The summed E-state index contributed by atoms with van der Waals surface area (Å²) in [6, 6.07) is 12.8. The highest BCUT2D eigenvalue weighted by atomic mass is 32.1. The van der Waals surface area contributed by atoms with Crippen LogP contribution in [0.1, 0.15) is 13.8 Å². The van der Waals surface area contributed by atoms with Gasteiger partial charge in [0.2, 0.25) is 6.29 Å². The largest absolute Gasteiger partial charge is 0.573 e. The summed E-state index contributed by atoms with van der Waals surface area (Å²) in [4.78, 5) is 4.40. The minimum Gasteiger partial charge on any atom is -0.438 e. The SMILES string of the molecule is CCO[C@@H]1[C@@H](OC)[C@H](C)O[C@@H](OC(=S)Nc2ccc(-c3cn(-c4ccc(OC(F)(F)F)cc4)cn3)cc2)[C@@H]1OC. The van der Waals surface area contributed by atoms with E-state index in [0.717, 1.165) is 5.56 Å². The van der Waals surface area contributed by atoms with Gasteiger partial charge in [-0.3, -0.25) is 0 Å². The Morgan fingerprint density at radius 2 is 1.70 bits per heavy atom. The van der Waals surface area contributed by atoms with Crippen LogP contribution >= 0.6 is 12.2 Å². The molecule has 1 aromatic heterocycles. The summed E-state index contributed by atoms with van der Waals surface area (Å²) in [6.07, 6.45) is -3.81. The van der Waals surface area contributed by atoms with Crippen LogP contribution in [0.2, 0.25) is 0 Å². The van der Waals surface area contributed by atoms with Gasteiger partial charge in [0, 0.05) is 44.0 Å². The first-order valence-corrected chi connectivity index (χ1v) is 12.8. The first-order chi connectivity index (χ1) is 19.1. The lowest BCUT2D eigenvalue weighted by molar-refractivity contribution is -0.289. The van der Waals surface area contributed by atoms with E-state index in [4.69, 9.17) is 35.9 Å². The number of rotatable bonds is 9. The van der Waals surface area contributed by atoms with Crippen molar-refractivity contribution in [1.82, 2.24) is 9.55 Å². The third-order valence-corrected chi connectivity index (χ3v) is 6.43. The second kappa shape index (κ2) is 13.0. The average molecular weight is 582 g/mol. The summed E-state index contributed by atoms with van der Waals surface area (Å²) in [5.74, 6) is -0.294. The van der Waals surface area contributed by atoms with Crippen molar-refractivity contribution in [1.29, 1.82) is 0 Å². The lowest BCUT2D eigenvalue weighted by atomic mass is 9.99. The number of thiocarbonyl (C=S) groups is 1. The van der Waals surface area contributed by atoms with E-state index in [1.54, 1.807) is 31.3 Å². The topological polar surface area (TPSA) is 85.2 Å².